The van der Waals surface area contributed by atoms with Crippen LogP contribution in [0, 0.1) is 5.82 Å². The van der Waals surface area contributed by atoms with Gasteiger partial charge in [-0.1, -0.05) is 16.8 Å². The Morgan fingerprint density at radius 2 is 1.88 bits per heavy atom. The summed E-state index contributed by atoms with van der Waals surface area (Å²) in [5.74, 6) is 0.333. The number of aromatic nitrogens is 2. The van der Waals surface area contributed by atoms with Gasteiger partial charge in [-0.2, -0.15) is 0 Å². The smallest absolute Gasteiger partial charge is 0.255 e. The minimum atomic E-state index is -0.295. The molecule has 160 valence electrons. The van der Waals surface area contributed by atoms with E-state index in [1.165, 1.54) is 12.1 Å². The highest BCUT2D eigenvalue weighted by Crippen LogP contribution is 2.35. The fourth-order valence-corrected chi connectivity index (χ4v) is 5.04. The van der Waals surface area contributed by atoms with Crippen LogP contribution in [0.1, 0.15) is 39.3 Å². The highest BCUT2D eigenvalue weighted by atomic mass is 35.5. The molecule has 32 heavy (non-hydrogen) atoms. The van der Waals surface area contributed by atoms with Gasteiger partial charge >= 0.3 is 0 Å². The van der Waals surface area contributed by atoms with E-state index in [1.54, 1.807) is 12.1 Å². The SMILES string of the molecule is O=C(c1c2c(nc3ccc(Cl)cc13)CCC2)N1CCc2c(noc2-c2ccc(F)cc2)C1. The predicted molar refractivity (Wildman–Crippen MR) is 119 cm³/mol. The van der Waals surface area contributed by atoms with Gasteiger partial charge in [-0.15, -0.1) is 0 Å². The molecule has 0 N–H and O–H groups in total. The molecule has 3 heterocycles. The molecular formula is C25H19ClFN3O2. The number of pyridine rings is 1. The van der Waals surface area contributed by atoms with Crippen molar-refractivity contribution in [2.45, 2.75) is 32.2 Å². The van der Waals surface area contributed by atoms with Crippen molar-refractivity contribution in [2.24, 2.45) is 0 Å². The summed E-state index contributed by atoms with van der Waals surface area (Å²) in [5, 5.41) is 5.63. The molecule has 1 amide bonds. The maximum absolute atomic E-state index is 13.8. The molecule has 1 aliphatic carbocycles. The number of amides is 1. The molecule has 6 rings (SSSR count). The number of fused-ring (bicyclic) bond motifs is 3. The zero-order valence-electron chi connectivity index (χ0n) is 17.2. The van der Waals surface area contributed by atoms with Gasteiger partial charge in [0.1, 0.15) is 11.5 Å². The Labute approximate surface area is 188 Å². The number of hydrogen-bond donors (Lipinski definition) is 0. The van der Waals surface area contributed by atoms with E-state index in [1.807, 2.05) is 23.1 Å². The molecule has 0 spiro atoms. The average molecular weight is 448 g/mol. The van der Waals surface area contributed by atoms with E-state index in [0.29, 0.717) is 30.3 Å². The van der Waals surface area contributed by atoms with Gasteiger partial charge in [0.05, 0.1) is 17.6 Å². The molecule has 0 bridgehead atoms. The predicted octanol–water partition coefficient (Wildman–Crippen LogP) is 5.37. The van der Waals surface area contributed by atoms with Crippen LogP contribution < -0.4 is 0 Å². The van der Waals surface area contributed by atoms with Gasteiger partial charge in [0.25, 0.3) is 5.91 Å². The molecule has 2 aliphatic rings. The standard InChI is InChI=1S/C25H19ClFN3O2/c26-15-6-9-21-19(12-15)23(17-2-1-3-20(17)28-21)25(31)30-11-10-18-22(13-30)29-32-24(18)14-4-7-16(27)8-5-14/h4-9,12H,1-3,10-11,13H2. The molecule has 7 heteroatoms. The van der Waals surface area contributed by atoms with Crippen molar-refractivity contribution in [2.75, 3.05) is 6.54 Å². The fraction of sp³-hybridized carbons (Fsp3) is 0.240. The Hall–Kier alpha value is -3.25. The number of aryl methyl sites for hydroxylation is 1. The van der Waals surface area contributed by atoms with Gasteiger partial charge in [-0.25, -0.2) is 4.39 Å². The summed E-state index contributed by atoms with van der Waals surface area (Å²) in [5.41, 5.74) is 6.09. The topological polar surface area (TPSA) is 59.2 Å². The molecule has 2 aromatic carbocycles. The molecule has 0 saturated heterocycles. The van der Waals surface area contributed by atoms with E-state index in [9.17, 15) is 9.18 Å². The third-order valence-corrected chi connectivity index (χ3v) is 6.66. The molecule has 5 nitrogen and oxygen atoms in total. The summed E-state index contributed by atoms with van der Waals surface area (Å²) in [6.45, 7) is 0.929. The van der Waals surface area contributed by atoms with Crippen LogP contribution in [-0.2, 0) is 25.8 Å². The van der Waals surface area contributed by atoms with E-state index < -0.39 is 0 Å². The van der Waals surface area contributed by atoms with Gasteiger partial charge in [0.15, 0.2) is 5.76 Å². The lowest BCUT2D eigenvalue weighted by molar-refractivity contribution is 0.0732. The van der Waals surface area contributed by atoms with Crippen molar-refractivity contribution in [3.05, 3.63) is 81.4 Å². The van der Waals surface area contributed by atoms with Crippen LogP contribution in [-0.4, -0.2) is 27.5 Å². The molecule has 1 aliphatic heterocycles. The quantitative estimate of drug-likeness (QED) is 0.414. The second kappa shape index (κ2) is 7.41. The third kappa shape index (κ3) is 3.09. The summed E-state index contributed by atoms with van der Waals surface area (Å²) in [4.78, 5) is 20.4. The van der Waals surface area contributed by atoms with Crippen LogP contribution in [0.25, 0.3) is 22.2 Å². The zero-order valence-corrected chi connectivity index (χ0v) is 18.0. The van der Waals surface area contributed by atoms with Crippen molar-refractivity contribution in [3.63, 3.8) is 0 Å². The minimum absolute atomic E-state index is 0.0187. The van der Waals surface area contributed by atoms with Crippen molar-refractivity contribution in [3.8, 4) is 11.3 Å². The maximum Gasteiger partial charge on any atom is 0.255 e. The largest absolute Gasteiger partial charge is 0.356 e. The minimum Gasteiger partial charge on any atom is -0.356 e. The number of carbonyl (C=O) groups excluding carboxylic acids is 1. The van der Waals surface area contributed by atoms with E-state index in [2.05, 4.69) is 5.16 Å². The Morgan fingerprint density at radius 1 is 1.03 bits per heavy atom. The van der Waals surface area contributed by atoms with Crippen LogP contribution >= 0.6 is 11.6 Å². The Balaban J connectivity index is 1.37. The molecule has 0 unspecified atom stereocenters. The first-order chi connectivity index (χ1) is 15.6. The average Bonchev–Trinajstić information content (AvgIpc) is 3.44. The third-order valence-electron chi connectivity index (χ3n) is 6.42. The van der Waals surface area contributed by atoms with Crippen LogP contribution in [0.15, 0.2) is 47.0 Å². The fourth-order valence-electron chi connectivity index (χ4n) is 4.87. The molecule has 0 saturated carbocycles. The number of halogens is 2. The van der Waals surface area contributed by atoms with Crippen molar-refractivity contribution < 1.29 is 13.7 Å². The number of benzene rings is 2. The lowest BCUT2D eigenvalue weighted by Crippen LogP contribution is -2.36. The first-order valence-electron chi connectivity index (χ1n) is 10.7. The molecule has 4 aromatic rings. The first-order valence-corrected chi connectivity index (χ1v) is 11.1. The second-order valence-electron chi connectivity index (χ2n) is 8.35. The summed E-state index contributed by atoms with van der Waals surface area (Å²) in [6.07, 6.45) is 3.37. The summed E-state index contributed by atoms with van der Waals surface area (Å²) < 4.78 is 18.9. The van der Waals surface area contributed by atoms with E-state index in [-0.39, 0.29) is 11.7 Å². The van der Waals surface area contributed by atoms with Gasteiger partial charge in [-0.3, -0.25) is 9.78 Å². The number of carbonyl (C=O) groups is 1. The van der Waals surface area contributed by atoms with Crippen LogP contribution in [0.3, 0.4) is 0 Å². The van der Waals surface area contributed by atoms with Crippen molar-refractivity contribution >= 4 is 28.4 Å². The first kappa shape index (κ1) is 19.4. The van der Waals surface area contributed by atoms with Crippen LogP contribution in [0.4, 0.5) is 4.39 Å². The van der Waals surface area contributed by atoms with Crippen molar-refractivity contribution in [1.29, 1.82) is 0 Å². The Kier molecular flexibility index (Phi) is 4.50. The van der Waals surface area contributed by atoms with Gasteiger partial charge in [0, 0.05) is 33.8 Å². The Bertz CT molecular complexity index is 1380. The molecule has 0 radical (unpaired) electrons. The van der Waals surface area contributed by atoms with Gasteiger partial charge in [-0.05, 0) is 73.7 Å². The van der Waals surface area contributed by atoms with Gasteiger partial charge in [0.2, 0.25) is 0 Å². The normalized spacial score (nSPS) is 15.1. The molecule has 0 fully saturated rings. The van der Waals surface area contributed by atoms with E-state index in [4.69, 9.17) is 21.1 Å². The van der Waals surface area contributed by atoms with Crippen LogP contribution in [0.5, 0.6) is 0 Å². The second-order valence-corrected chi connectivity index (χ2v) is 8.78. The lowest BCUT2D eigenvalue weighted by Gasteiger charge is -2.27. The van der Waals surface area contributed by atoms with Crippen molar-refractivity contribution in [1.82, 2.24) is 15.0 Å². The molecule has 0 atom stereocenters. The molecule has 2 aromatic heterocycles. The number of rotatable bonds is 2. The summed E-state index contributed by atoms with van der Waals surface area (Å²) >= 11 is 6.27. The number of nitrogens with zero attached hydrogens (tertiary/aromatic N) is 3. The summed E-state index contributed by atoms with van der Waals surface area (Å²) in [7, 11) is 0. The maximum atomic E-state index is 13.8. The van der Waals surface area contributed by atoms with E-state index in [0.717, 1.165) is 63.8 Å². The Morgan fingerprint density at radius 3 is 2.72 bits per heavy atom. The van der Waals surface area contributed by atoms with E-state index >= 15 is 0 Å². The summed E-state index contributed by atoms with van der Waals surface area (Å²) in [6, 6.07) is 11.7. The highest BCUT2D eigenvalue weighted by Gasteiger charge is 2.31. The molecular weight excluding hydrogens is 429 g/mol. The zero-order chi connectivity index (χ0) is 21.8. The number of hydrogen-bond acceptors (Lipinski definition) is 4. The van der Waals surface area contributed by atoms with Crippen LogP contribution in [0.2, 0.25) is 5.02 Å². The highest BCUT2D eigenvalue weighted by molar-refractivity contribution is 6.31. The monoisotopic (exact) mass is 447 g/mol. The van der Waals surface area contributed by atoms with Gasteiger partial charge < -0.3 is 9.42 Å². The lowest BCUT2D eigenvalue weighted by atomic mass is 9.97.